The number of hydrogen-bond acceptors (Lipinski definition) is 3. The summed E-state index contributed by atoms with van der Waals surface area (Å²) in [5, 5.41) is 3.28. The normalized spacial score (nSPS) is 13.1. The lowest BCUT2D eigenvalue weighted by Gasteiger charge is -2.35. The van der Waals surface area contributed by atoms with Crippen LogP contribution in [0.15, 0.2) is 5.38 Å². The molecule has 0 fully saturated rings. The van der Waals surface area contributed by atoms with Crippen molar-refractivity contribution in [2.24, 2.45) is 0 Å². The van der Waals surface area contributed by atoms with E-state index in [0.717, 1.165) is 10.7 Å². The Hall–Kier alpha value is 0.0969. The van der Waals surface area contributed by atoms with Crippen molar-refractivity contribution < 1.29 is 4.43 Å². The second-order valence-electron chi connectivity index (χ2n) is 5.42. The zero-order chi connectivity index (χ0) is 12.4. The molecular formula is C11H20ClNOSSi. The fourth-order valence-corrected chi connectivity index (χ4v) is 2.90. The van der Waals surface area contributed by atoms with Gasteiger partial charge in [0.25, 0.3) is 0 Å². The molecule has 0 aromatic carbocycles. The molecule has 0 atom stereocenters. The van der Waals surface area contributed by atoms with Crippen molar-refractivity contribution in [1.82, 2.24) is 4.98 Å². The van der Waals surface area contributed by atoms with Gasteiger partial charge < -0.3 is 4.43 Å². The Morgan fingerprint density at radius 1 is 1.44 bits per heavy atom. The third-order valence-corrected chi connectivity index (χ3v) is 8.72. The Kier molecular flexibility index (Phi) is 4.57. The Labute approximate surface area is 108 Å². The highest BCUT2D eigenvalue weighted by molar-refractivity contribution is 7.09. The fraction of sp³-hybridized carbons (Fsp3) is 0.727. The maximum Gasteiger partial charge on any atom is 0.192 e. The van der Waals surface area contributed by atoms with E-state index in [9.17, 15) is 0 Å². The summed E-state index contributed by atoms with van der Waals surface area (Å²) < 4.78 is 6.08. The van der Waals surface area contributed by atoms with Gasteiger partial charge in [-0.1, -0.05) is 20.8 Å². The molecule has 1 rings (SSSR count). The van der Waals surface area contributed by atoms with Gasteiger partial charge in [0.05, 0.1) is 18.2 Å². The topological polar surface area (TPSA) is 22.1 Å². The Morgan fingerprint density at radius 2 is 2.06 bits per heavy atom. The van der Waals surface area contributed by atoms with Gasteiger partial charge in [-0.3, -0.25) is 0 Å². The van der Waals surface area contributed by atoms with Crippen molar-refractivity contribution in [2.75, 3.05) is 0 Å². The standard InChI is InChI=1S/C11H20ClNOSSi/c1-11(2,3)16(4,5)14-7-10-13-9(6-12)8-15-10/h8H,6-7H2,1-5H3. The molecule has 5 heteroatoms. The minimum atomic E-state index is -1.65. The predicted molar refractivity (Wildman–Crippen MR) is 73.7 cm³/mol. The van der Waals surface area contributed by atoms with Crippen LogP contribution in [-0.4, -0.2) is 13.3 Å². The first-order chi connectivity index (χ1) is 7.26. The molecule has 0 saturated heterocycles. The van der Waals surface area contributed by atoms with E-state index in [4.69, 9.17) is 16.0 Å². The molecule has 0 N–H and O–H groups in total. The minimum Gasteiger partial charge on any atom is -0.410 e. The van der Waals surface area contributed by atoms with Gasteiger partial charge in [-0.15, -0.1) is 22.9 Å². The largest absolute Gasteiger partial charge is 0.410 e. The molecule has 16 heavy (non-hydrogen) atoms. The number of hydrogen-bond donors (Lipinski definition) is 0. The molecule has 1 heterocycles. The zero-order valence-corrected chi connectivity index (χ0v) is 13.2. The monoisotopic (exact) mass is 277 g/mol. The Balaban J connectivity index is 2.57. The summed E-state index contributed by atoms with van der Waals surface area (Å²) in [6.45, 7) is 11.9. The summed E-state index contributed by atoms with van der Waals surface area (Å²) in [6.07, 6.45) is 0. The first-order valence-electron chi connectivity index (χ1n) is 5.39. The van der Waals surface area contributed by atoms with Crippen molar-refractivity contribution in [3.63, 3.8) is 0 Å². The summed E-state index contributed by atoms with van der Waals surface area (Å²) in [7, 11) is -1.65. The van der Waals surface area contributed by atoms with Gasteiger partial charge in [-0.25, -0.2) is 4.98 Å². The fourth-order valence-electron chi connectivity index (χ4n) is 0.935. The van der Waals surface area contributed by atoms with E-state index in [0.29, 0.717) is 12.5 Å². The molecule has 0 aliphatic rings. The van der Waals surface area contributed by atoms with Crippen molar-refractivity contribution in [2.45, 2.75) is 51.4 Å². The van der Waals surface area contributed by atoms with Crippen molar-refractivity contribution in [3.8, 4) is 0 Å². The van der Waals surface area contributed by atoms with Gasteiger partial charge in [0.2, 0.25) is 0 Å². The number of thiazole rings is 1. The van der Waals surface area contributed by atoms with E-state index in [-0.39, 0.29) is 5.04 Å². The van der Waals surface area contributed by atoms with Gasteiger partial charge in [-0.05, 0) is 18.1 Å². The van der Waals surface area contributed by atoms with Crippen LogP contribution in [0, 0.1) is 0 Å². The van der Waals surface area contributed by atoms with Crippen LogP contribution >= 0.6 is 22.9 Å². The molecule has 0 saturated carbocycles. The summed E-state index contributed by atoms with van der Waals surface area (Å²) in [4.78, 5) is 4.40. The zero-order valence-electron chi connectivity index (χ0n) is 10.6. The lowest BCUT2D eigenvalue weighted by molar-refractivity contribution is 0.275. The molecule has 92 valence electrons. The van der Waals surface area contributed by atoms with Crippen molar-refractivity contribution in [3.05, 3.63) is 16.1 Å². The molecule has 0 amide bonds. The van der Waals surface area contributed by atoms with Gasteiger partial charge in [-0.2, -0.15) is 0 Å². The van der Waals surface area contributed by atoms with Crippen LogP contribution in [0.25, 0.3) is 0 Å². The summed E-state index contributed by atoms with van der Waals surface area (Å²) in [5.74, 6) is 0.483. The highest BCUT2D eigenvalue weighted by Gasteiger charge is 2.37. The average Bonchev–Trinajstić information content (AvgIpc) is 2.60. The Bertz CT molecular complexity index is 346. The average molecular weight is 278 g/mol. The van der Waals surface area contributed by atoms with E-state index in [1.807, 2.05) is 5.38 Å². The molecular weight excluding hydrogens is 258 g/mol. The third kappa shape index (κ3) is 3.55. The van der Waals surface area contributed by atoms with E-state index < -0.39 is 8.32 Å². The van der Waals surface area contributed by atoms with E-state index in [1.54, 1.807) is 11.3 Å². The number of halogens is 1. The molecule has 0 radical (unpaired) electrons. The van der Waals surface area contributed by atoms with Gasteiger partial charge >= 0.3 is 0 Å². The van der Waals surface area contributed by atoms with Crippen molar-refractivity contribution >= 4 is 31.3 Å². The van der Waals surface area contributed by atoms with E-state index >= 15 is 0 Å². The molecule has 1 aromatic heterocycles. The molecule has 0 bridgehead atoms. The molecule has 0 unspecified atom stereocenters. The summed E-state index contributed by atoms with van der Waals surface area (Å²) in [6, 6.07) is 0. The maximum absolute atomic E-state index is 6.08. The summed E-state index contributed by atoms with van der Waals surface area (Å²) in [5.41, 5.74) is 0.945. The van der Waals surface area contributed by atoms with Crippen LogP contribution in [0.1, 0.15) is 31.5 Å². The lowest BCUT2D eigenvalue weighted by Crippen LogP contribution is -2.40. The van der Waals surface area contributed by atoms with Crippen LogP contribution in [0.2, 0.25) is 18.1 Å². The third-order valence-electron chi connectivity index (χ3n) is 3.10. The second kappa shape index (κ2) is 5.17. The molecule has 0 spiro atoms. The number of rotatable bonds is 4. The predicted octanol–water partition coefficient (Wildman–Crippen LogP) is 4.40. The second-order valence-corrected chi connectivity index (χ2v) is 11.4. The van der Waals surface area contributed by atoms with Crippen LogP contribution in [0.4, 0.5) is 0 Å². The number of aromatic nitrogens is 1. The molecule has 0 aliphatic heterocycles. The van der Waals surface area contributed by atoms with Gasteiger partial charge in [0.15, 0.2) is 8.32 Å². The van der Waals surface area contributed by atoms with Gasteiger partial charge in [0.1, 0.15) is 5.01 Å². The lowest BCUT2D eigenvalue weighted by atomic mass is 10.2. The quantitative estimate of drug-likeness (QED) is 0.601. The van der Waals surface area contributed by atoms with Crippen molar-refractivity contribution in [1.29, 1.82) is 0 Å². The van der Waals surface area contributed by atoms with E-state index in [2.05, 4.69) is 38.8 Å². The first-order valence-corrected chi connectivity index (χ1v) is 9.72. The smallest absolute Gasteiger partial charge is 0.192 e. The molecule has 2 nitrogen and oxygen atoms in total. The summed E-state index contributed by atoms with van der Waals surface area (Å²) >= 11 is 7.34. The van der Waals surface area contributed by atoms with Crippen LogP contribution in [-0.2, 0) is 16.9 Å². The minimum absolute atomic E-state index is 0.250. The number of nitrogens with zero attached hydrogens (tertiary/aromatic N) is 1. The highest BCUT2D eigenvalue weighted by atomic mass is 35.5. The van der Waals surface area contributed by atoms with Crippen LogP contribution in [0.5, 0.6) is 0 Å². The number of alkyl halides is 1. The van der Waals surface area contributed by atoms with Crippen LogP contribution in [0.3, 0.4) is 0 Å². The highest BCUT2D eigenvalue weighted by Crippen LogP contribution is 2.37. The maximum atomic E-state index is 6.08. The SMILES string of the molecule is CC(C)(C)[Si](C)(C)OCc1nc(CCl)cs1. The molecule has 1 aromatic rings. The Morgan fingerprint density at radius 3 is 2.50 bits per heavy atom. The van der Waals surface area contributed by atoms with E-state index in [1.165, 1.54) is 0 Å². The van der Waals surface area contributed by atoms with Gasteiger partial charge in [0, 0.05) is 5.38 Å². The molecule has 0 aliphatic carbocycles. The first kappa shape index (κ1) is 14.2. The van der Waals surface area contributed by atoms with Crippen LogP contribution < -0.4 is 0 Å².